The molecule has 0 aliphatic heterocycles. The molecule has 2 atom stereocenters. The van der Waals surface area contributed by atoms with Crippen LogP contribution in [0.3, 0.4) is 0 Å². The summed E-state index contributed by atoms with van der Waals surface area (Å²) < 4.78 is 4.16. The fourth-order valence-electron chi connectivity index (χ4n) is 1.27. The van der Waals surface area contributed by atoms with Crippen LogP contribution in [0.5, 0.6) is 0 Å². The normalized spacial score (nSPS) is 26.9. The first-order valence-electron chi connectivity index (χ1n) is 4.56. The highest BCUT2D eigenvalue weighted by molar-refractivity contribution is 7.09. The number of nitrogens with zero attached hydrogens (tertiary/aromatic N) is 2. The van der Waals surface area contributed by atoms with Crippen LogP contribution < -0.4 is 5.32 Å². The average molecular weight is 199 g/mol. The Morgan fingerprint density at radius 1 is 1.62 bits per heavy atom. The molecular formula is C8H13N3OS. The van der Waals surface area contributed by atoms with Gasteiger partial charge in [0.2, 0.25) is 5.13 Å². The molecule has 0 radical (unpaired) electrons. The molecule has 1 aromatic heterocycles. The Hall–Kier alpha value is -0.680. The van der Waals surface area contributed by atoms with E-state index in [0.717, 1.165) is 30.2 Å². The Balaban J connectivity index is 1.93. The van der Waals surface area contributed by atoms with Crippen LogP contribution in [0.25, 0.3) is 0 Å². The van der Waals surface area contributed by atoms with Gasteiger partial charge in [-0.3, -0.25) is 0 Å². The molecule has 13 heavy (non-hydrogen) atoms. The van der Waals surface area contributed by atoms with Gasteiger partial charge in [-0.1, -0.05) is 6.92 Å². The quantitative estimate of drug-likeness (QED) is 0.763. The van der Waals surface area contributed by atoms with Crippen molar-refractivity contribution >= 4 is 16.7 Å². The van der Waals surface area contributed by atoms with Crippen LogP contribution in [0.15, 0.2) is 0 Å². The summed E-state index contributed by atoms with van der Waals surface area (Å²) in [5.41, 5.74) is 0. The number of nitrogens with one attached hydrogen (secondary N) is 1. The summed E-state index contributed by atoms with van der Waals surface area (Å²) in [5, 5.41) is 13.3. The van der Waals surface area contributed by atoms with Crippen molar-refractivity contribution in [3.63, 3.8) is 0 Å². The van der Waals surface area contributed by atoms with Crippen molar-refractivity contribution < 1.29 is 5.11 Å². The predicted octanol–water partition coefficient (Wildman–Crippen LogP) is 1.04. The lowest BCUT2D eigenvalue weighted by Gasteiger charge is -2.32. The van der Waals surface area contributed by atoms with E-state index in [9.17, 15) is 5.11 Å². The molecule has 0 unspecified atom stereocenters. The number of anilines is 1. The van der Waals surface area contributed by atoms with Crippen molar-refractivity contribution in [2.45, 2.75) is 38.3 Å². The average Bonchev–Trinajstić information content (AvgIpc) is 2.59. The van der Waals surface area contributed by atoms with Gasteiger partial charge in [0, 0.05) is 18.0 Å². The van der Waals surface area contributed by atoms with Gasteiger partial charge in [-0.05, 0) is 12.8 Å². The standard InChI is InChI=1S/C8H13N3OS/c1-2-7-10-8(13-11-7)9-5-3-4-6(5)12/h5-6,12H,2-4H2,1H3,(H,9,10,11)/t5-,6-/m1/s1. The van der Waals surface area contributed by atoms with Gasteiger partial charge in [-0.15, -0.1) is 0 Å². The first-order chi connectivity index (χ1) is 6.29. The minimum absolute atomic E-state index is 0.192. The van der Waals surface area contributed by atoms with Crippen molar-refractivity contribution in [2.24, 2.45) is 0 Å². The van der Waals surface area contributed by atoms with Crippen LogP contribution in [-0.4, -0.2) is 26.6 Å². The fraction of sp³-hybridized carbons (Fsp3) is 0.750. The molecule has 2 rings (SSSR count). The minimum Gasteiger partial charge on any atom is -0.391 e. The smallest absolute Gasteiger partial charge is 0.202 e. The highest BCUT2D eigenvalue weighted by Gasteiger charge is 2.29. The summed E-state index contributed by atoms with van der Waals surface area (Å²) in [7, 11) is 0. The molecule has 4 nitrogen and oxygen atoms in total. The molecule has 0 amide bonds. The summed E-state index contributed by atoms with van der Waals surface area (Å²) in [5.74, 6) is 0.876. The largest absolute Gasteiger partial charge is 0.391 e. The molecule has 0 bridgehead atoms. The van der Waals surface area contributed by atoms with Gasteiger partial charge in [0.15, 0.2) is 0 Å². The summed E-state index contributed by atoms with van der Waals surface area (Å²) in [6.45, 7) is 2.03. The number of aryl methyl sites for hydroxylation is 1. The Morgan fingerprint density at radius 2 is 2.46 bits per heavy atom. The van der Waals surface area contributed by atoms with Crippen LogP contribution >= 0.6 is 11.5 Å². The van der Waals surface area contributed by atoms with Gasteiger partial charge in [0.05, 0.1) is 12.1 Å². The van der Waals surface area contributed by atoms with Crippen LogP contribution in [0.4, 0.5) is 5.13 Å². The van der Waals surface area contributed by atoms with E-state index in [1.807, 2.05) is 6.92 Å². The van der Waals surface area contributed by atoms with Gasteiger partial charge in [0.25, 0.3) is 0 Å². The van der Waals surface area contributed by atoms with E-state index >= 15 is 0 Å². The third kappa shape index (κ3) is 1.81. The van der Waals surface area contributed by atoms with E-state index in [2.05, 4.69) is 14.7 Å². The van der Waals surface area contributed by atoms with Crippen LogP contribution in [0.2, 0.25) is 0 Å². The summed E-state index contributed by atoms with van der Waals surface area (Å²) >= 11 is 1.37. The summed E-state index contributed by atoms with van der Waals surface area (Å²) in [6, 6.07) is 0.192. The monoisotopic (exact) mass is 199 g/mol. The second kappa shape index (κ2) is 3.59. The number of aliphatic hydroxyl groups is 1. The van der Waals surface area contributed by atoms with Crippen LogP contribution in [0.1, 0.15) is 25.6 Å². The third-order valence-electron chi connectivity index (χ3n) is 2.33. The number of hydrogen-bond acceptors (Lipinski definition) is 5. The highest BCUT2D eigenvalue weighted by atomic mass is 32.1. The predicted molar refractivity (Wildman–Crippen MR) is 51.9 cm³/mol. The first-order valence-corrected chi connectivity index (χ1v) is 5.34. The zero-order valence-corrected chi connectivity index (χ0v) is 8.34. The van der Waals surface area contributed by atoms with E-state index in [-0.39, 0.29) is 12.1 Å². The molecule has 1 fully saturated rings. The Bertz CT molecular complexity index is 289. The topological polar surface area (TPSA) is 58.0 Å². The van der Waals surface area contributed by atoms with E-state index in [0.29, 0.717) is 0 Å². The van der Waals surface area contributed by atoms with Crippen molar-refractivity contribution in [3.8, 4) is 0 Å². The molecular weight excluding hydrogens is 186 g/mol. The Morgan fingerprint density at radius 3 is 2.92 bits per heavy atom. The molecule has 5 heteroatoms. The zero-order valence-electron chi connectivity index (χ0n) is 7.53. The molecule has 0 saturated heterocycles. The lowest BCUT2D eigenvalue weighted by atomic mass is 9.89. The summed E-state index contributed by atoms with van der Waals surface area (Å²) in [4.78, 5) is 4.27. The molecule has 72 valence electrons. The lowest BCUT2D eigenvalue weighted by Crippen LogP contribution is -2.42. The van der Waals surface area contributed by atoms with Gasteiger partial charge in [-0.25, -0.2) is 4.98 Å². The van der Waals surface area contributed by atoms with Crippen molar-refractivity contribution in [1.82, 2.24) is 9.36 Å². The second-order valence-corrected chi connectivity index (χ2v) is 4.02. The van der Waals surface area contributed by atoms with Gasteiger partial charge in [-0.2, -0.15) is 4.37 Å². The van der Waals surface area contributed by atoms with Gasteiger partial charge < -0.3 is 10.4 Å². The van der Waals surface area contributed by atoms with Gasteiger partial charge in [0.1, 0.15) is 5.82 Å². The number of hydrogen-bond donors (Lipinski definition) is 2. The zero-order chi connectivity index (χ0) is 9.26. The van der Waals surface area contributed by atoms with Crippen LogP contribution in [-0.2, 0) is 6.42 Å². The Kier molecular flexibility index (Phi) is 2.46. The van der Waals surface area contributed by atoms with Crippen molar-refractivity contribution in [3.05, 3.63) is 5.82 Å². The van der Waals surface area contributed by atoms with E-state index < -0.39 is 0 Å². The van der Waals surface area contributed by atoms with E-state index in [1.165, 1.54) is 11.5 Å². The maximum atomic E-state index is 9.33. The molecule has 1 heterocycles. The van der Waals surface area contributed by atoms with E-state index in [1.54, 1.807) is 0 Å². The molecule has 0 aromatic carbocycles. The maximum Gasteiger partial charge on any atom is 0.202 e. The highest BCUT2D eigenvalue weighted by Crippen LogP contribution is 2.24. The summed E-state index contributed by atoms with van der Waals surface area (Å²) in [6.07, 6.45) is 2.60. The lowest BCUT2D eigenvalue weighted by molar-refractivity contribution is 0.0786. The van der Waals surface area contributed by atoms with Crippen molar-refractivity contribution in [2.75, 3.05) is 5.32 Å². The van der Waals surface area contributed by atoms with Crippen LogP contribution in [0, 0.1) is 0 Å². The SMILES string of the molecule is CCc1nsc(N[C@@H]2CC[C@H]2O)n1. The molecule has 1 aromatic rings. The number of rotatable bonds is 3. The minimum atomic E-state index is -0.200. The molecule has 1 aliphatic rings. The number of aromatic nitrogens is 2. The second-order valence-electron chi connectivity index (χ2n) is 3.26. The third-order valence-corrected chi connectivity index (χ3v) is 3.02. The van der Waals surface area contributed by atoms with Gasteiger partial charge >= 0.3 is 0 Å². The maximum absolute atomic E-state index is 9.33. The van der Waals surface area contributed by atoms with Crippen molar-refractivity contribution in [1.29, 1.82) is 0 Å². The Labute approximate surface area is 81.2 Å². The first kappa shape index (κ1) is 8.90. The molecule has 2 N–H and O–H groups in total. The molecule has 0 spiro atoms. The number of aliphatic hydroxyl groups excluding tert-OH is 1. The fourth-order valence-corrected chi connectivity index (χ4v) is 1.98. The molecule has 1 aliphatic carbocycles. The molecule has 1 saturated carbocycles. The van der Waals surface area contributed by atoms with E-state index in [4.69, 9.17) is 0 Å².